The Morgan fingerprint density at radius 3 is 2.39 bits per heavy atom. The Morgan fingerprint density at radius 2 is 1.89 bits per heavy atom. The lowest BCUT2D eigenvalue weighted by Gasteiger charge is -2.11. The second kappa shape index (κ2) is 4.66. The van der Waals surface area contributed by atoms with Gasteiger partial charge in [0.25, 0.3) is 0 Å². The predicted molar refractivity (Wildman–Crippen MR) is 68.6 cm³/mol. The Morgan fingerprint density at radius 1 is 1.28 bits per heavy atom. The molecular weight excluding hydrogens is 277 g/mol. The Balaban J connectivity index is 2.31. The molecule has 1 heterocycles. The summed E-state index contributed by atoms with van der Waals surface area (Å²) in [6.45, 7) is 3.23. The zero-order chi connectivity index (χ0) is 13.3. The molecule has 0 radical (unpaired) electrons. The average molecular weight is 286 g/mol. The average Bonchev–Trinajstić information content (AvgIpc) is 2.54. The van der Waals surface area contributed by atoms with Gasteiger partial charge in [0.2, 0.25) is 5.54 Å². The van der Waals surface area contributed by atoms with E-state index in [4.69, 9.17) is 23.2 Å². The van der Waals surface area contributed by atoms with Crippen LogP contribution in [0.5, 0.6) is 0 Å². The molecule has 0 spiro atoms. The first-order valence-electron chi connectivity index (χ1n) is 5.07. The van der Waals surface area contributed by atoms with Gasteiger partial charge in [-0.1, -0.05) is 28.4 Å². The van der Waals surface area contributed by atoms with Crippen LogP contribution in [0.15, 0.2) is 33.6 Å². The quantitative estimate of drug-likeness (QED) is 0.613. The van der Waals surface area contributed by atoms with Gasteiger partial charge in [0.1, 0.15) is 0 Å². The molecule has 0 aromatic heterocycles. The van der Waals surface area contributed by atoms with Crippen LogP contribution in [-0.2, 0) is 9.63 Å². The van der Waals surface area contributed by atoms with Crippen LogP contribution in [0.1, 0.15) is 13.8 Å². The minimum Gasteiger partial charge on any atom is -0.315 e. The van der Waals surface area contributed by atoms with Gasteiger partial charge in [0.15, 0.2) is 0 Å². The fourth-order valence-electron chi connectivity index (χ4n) is 1.30. The van der Waals surface area contributed by atoms with Crippen molar-refractivity contribution < 1.29 is 9.63 Å². The standard InChI is InChI=1S/C11H9Cl2N3O2/c1-6-11(2,10(17)18-15-6)16-14-9-4-7(12)3-8(13)5-9/h3-5H,1-2H3. The molecule has 0 fully saturated rings. The molecule has 1 aromatic rings. The maximum atomic E-state index is 11.5. The van der Waals surface area contributed by atoms with E-state index in [1.807, 2.05) is 0 Å². The number of hydrogen-bond donors (Lipinski definition) is 0. The lowest BCUT2D eigenvalue weighted by Crippen LogP contribution is -2.35. The maximum absolute atomic E-state index is 11.5. The van der Waals surface area contributed by atoms with E-state index in [1.54, 1.807) is 32.0 Å². The highest BCUT2D eigenvalue weighted by atomic mass is 35.5. The van der Waals surface area contributed by atoms with Crippen molar-refractivity contribution in [2.24, 2.45) is 15.4 Å². The molecule has 2 rings (SSSR count). The summed E-state index contributed by atoms with van der Waals surface area (Å²) >= 11 is 11.7. The van der Waals surface area contributed by atoms with Crippen LogP contribution in [0.3, 0.4) is 0 Å². The van der Waals surface area contributed by atoms with E-state index in [2.05, 4.69) is 20.2 Å². The lowest BCUT2D eigenvalue weighted by molar-refractivity contribution is -0.144. The molecule has 7 heteroatoms. The molecule has 5 nitrogen and oxygen atoms in total. The number of halogens is 2. The van der Waals surface area contributed by atoms with Gasteiger partial charge in [0.05, 0.1) is 11.4 Å². The Hall–Kier alpha value is -1.46. The summed E-state index contributed by atoms with van der Waals surface area (Å²) in [5.74, 6) is -0.558. The molecule has 18 heavy (non-hydrogen) atoms. The minimum atomic E-state index is -1.19. The van der Waals surface area contributed by atoms with E-state index in [9.17, 15) is 4.79 Å². The summed E-state index contributed by atoms with van der Waals surface area (Å²) in [4.78, 5) is 16.1. The smallest absolute Gasteiger partial charge is 0.315 e. The molecule has 0 amide bonds. The monoisotopic (exact) mass is 285 g/mol. The number of carbonyl (C=O) groups excluding carboxylic acids is 1. The van der Waals surface area contributed by atoms with Crippen molar-refractivity contribution in [2.75, 3.05) is 0 Å². The van der Waals surface area contributed by atoms with Crippen LogP contribution in [0.2, 0.25) is 10.0 Å². The van der Waals surface area contributed by atoms with Crippen LogP contribution >= 0.6 is 23.2 Å². The number of oxime groups is 1. The van der Waals surface area contributed by atoms with Crippen molar-refractivity contribution >= 4 is 40.6 Å². The van der Waals surface area contributed by atoms with Gasteiger partial charge < -0.3 is 4.84 Å². The summed E-state index contributed by atoms with van der Waals surface area (Å²) in [5, 5.41) is 12.4. The van der Waals surface area contributed by atoms with E-state index in [-0.39, 0.29) is 0 Å². The molecule has 0 bridgehead atoms. The van der Waals surface area contributed by atoms with Gasteiger partial charge in [0, 0.05) is 10.0 Å². The topological polar surface area (TPSA) is 63.4 Å². The van der Waals surface area contributed by atoms with Gasteiger partial charge in [-0.05, 0) is 32.0 Å². The second-order valence-electron chi connectivity index (χ2n) is 3.96. The molecule has 1 aliphatic rings. The van der Waals surface area contributed by atoms with Crippen molar-refractivity contribution in [2.45, 2.75) is 19.4 Å². The van der Waals surface area contributed by atoms with Crippen LogP contribution in [0.25, 0.3) is 0 Å². The molecule has 1 unspecified atom stereocenters. The Kier molecular flexibility index (Phi) is 3.36. The largest absolute Gasteiger partial charge is 0.369 e. The number of benzene rings is 1. The molecule has 0 aliphatic carbocycles. The van der Waals surface area contributed by atoms with Crippen LogP contribution < -0.4 is 0 Å². The van der Waals surface area contributed by atoms with Crippen molar-refractivity contribution in [3.8, 4) is 0 Å². The highest BCUT2D eigenvalue weighted by Crippen LogP contribution is 2.28. The molecule has 1 aromatic carbocycles. The molecular formula is C11H9Cl2N3O2. The highest BCUT2D eigenvalue weighted by Gasteiger charge is 2.44. The van der Waals surface area contributed by atoms with E-state index in [0.717, 1.165) is 0 Å². The highest BCUT2D eigenvalue weighted by molar-refractivity contribution is 6.35. The summed E-state index contributed by atoms with van der Waals surface area (Å²) in [6, 6.07) is 4.76. The summed E-state index contributed by atoms with van der Waals surface area (Å²) in [7, 11) is 0. The van der Waals surface area contributed by atoms with Crippen LogP contribution in [0.4, 0.5) is 5.69 Å². The first kappa shape index (κ1) is 13.0. The van der Waals surface area contributed by atoms with Gasteiger partial charge >= 0.3 is 5.97 Å². The fraction of sp³-hybridized carbons (Fsp3) is 0.273. The number of rotatable bonds is 2. The lowest BCUT2D eigenvalue weighted by atomic mass is 9.99. The maximum Gasteiger partial charge on any atom is 0.369 e. The number of azo groups is 1. The van der Waals surface area contributed by atoms with Gasteiger partial charge in [-0.25, -0.2) is 4.79 Å². The van der Waals surface area contributed by atoms with E-state index < -0.39 is 11.5 Å². The zero-order valence-electron chi connectivity index (χ0n) is 9.65. The number of hydrogen-bond acceptors (Lipinski definition) is 5. The molecule has 1 atom stereocenters. The fourth-order valence-corrected chi connectivity index (χ4v) is 1.82. The first-order valence-corrected chi connectivity index (χ1v) is 5.83. The summed E-state index contributed by atoms with van der Waals surface area (Å²) in [6.07, 6.45) is 0. The zero-order valence-corrected chi connectivity index (χ0v) is 11.2. The normalized spacial score (nSPS) is 23.3. The third-order valence-corrected chi connectivity index (χ3v) is 3.02. The Bertz CT molecular complexity index is 551. The van der Waals surface area contributed by atoms with Crippen molar-refractivity contribution in [3.63, 3.8) is 0 Å². The SMILES string of the molecule is CC1=NOC(=O)C1(C)N=Nc1cc(Cl)cc(Cl)c1. The third-order valence-electron chi connectivity index (χ3n) is 2.58. The first-order chi connectivity index (χ1) is 8.41. The molecule has 0 saturated carbocycles. The van der Waals surface area contributed by atoms with E-state index >= 15 is 0 Å². The van der Waals surface area contributed by atoms with E-state index in [0.29, 0.717) is 21.4 Å². The van der Waals surface area contributed by atoms with Gasteiger partial charge in [-0.2, -0.15) is 10.2 Å². The minimum absolute atomic E-state index is 0.445. The predicted octanol–water partition coefficient (Wildman–Crippen LogP) is 3.77. The molecule has 94 valence electrons. The molecule has 1 aliphatic heterocycles. The third kappa shape index (κ3) is 2.37. The van der Waals surface area contributed by atoms with E-state index in [1.165, 1.54) is 0 Å². The summed E-state index contributed by atoms with van der Waals surface area (Å²) in [5.41, 5.74) is -0.278. The van der Waals surface area contributed by atoms with Crippen LogP contribution in [-0.4, -0.2) is 17.2 Å². The van der Waals surface area contributed by atoms with Crippen molar-refractivity contribution in [1.82, 2.24) is 0 Å². The van der Waals surface area contributed by atoms with Crippen molar-refractivity contribution in [1.29, 1.82) is 0 Å². The second-order valence-corrected chi connectivity index (χ2v) is 4.83. The van der Waals surface area contributed by atoms with Crippen LogP contribution in [0, 0.1) is 0 Å². The van der Waals surface area contributed by atoms with Gasteiger partial charge in [-0.15, -0.1) is 0 Å². The van der Waals surface area contributed by atoms with Crippen molar-refractivity contribution in [3.05, 3.63) is 28.2 Å². The van der Waals surface area contributed by atoms with Gasteiger partial charge in [-0.3, -0.25) is 0 Å². The Labute approximate surface area is 113 Å². The molecule has 0 saturated heterocycles. The number of carbonyl (C=O) groups is 1. The summed E-state index contributed by atoms with van der Waals surface area (Å²) < 4.78 is 0. The molecule has 0 N–H and O–H groups in total. The number of nitrogens with zero attached hydrogens (tertiary/aromatic N) is 3.